The average molecular weight is 513 g/mol. The standard InChI is InChI=1S/C27H28N8O3/c28-13-19-6-9-33(16-19)23(36)17-34-18-35(22-4-2-1-3-5-22)27(26(34)38)7-10-32(11-8-27)25(37)21-12-20-15-30-31-24(20)29-14-21/h1-5,12,14-15,19H,6-11,16-18H2,(H,29,30,31). The van der Waals surface area contributed by atoms with Gasteiger partial charge in [-0.05, 0) is 37.5 Å². The fourth-order valence-corrected chi connectivity index (χ4v) is 5.89. The van der Waals surface area contributed by atoms with Gasteiger partial charge in [0.1, 0.15) is 12.1 Å². The zero-order chi connectivity index (χ0) is 26.3. The van der Waals surface area contributed by atoms with Gasteiger partial charge in [-0.2, -0.15) is 10.4 Å². The summed E-state index contributed by atoms with van der Waals surface area (Å²) in [4.78, 5) is 51.7. The van der Waals surface area contributed by atoms with Crippen LogP contribution in [-0.4, -0.2) is 92.5 Å². The van der Waals surface area contributed by atoms with Gasteiger partial charge in [0.05, 0.1) is 30.4 Å². The van der Waals surface area contributed by atoms with E-state index in [-0.39, 0.29) is 30.2 Å². The molecule has 2 aromatic heterocycles. The van der Waals surface area contributed by atoms with E-state index in [9.17, 15) is 19.6 Å². The van der Waals surface area contributed by atoms with Gasteiger partial charge in [0.25, 0.3) is 11.8 Å². The summed E-state index contributed by atoms with van der Waals surface area (Å²) in [6.07, 6.45) is 4.77. The quantitative estimate of drug-likeness (QED) is 0.562. The first-order chi connectivity index (χ1) is 18.5. The molecule has 5 heterocycles. The van der Waals surface area contributed by atoms with Crippen LogP contribution in [0.4, 0.5) is 5.69 Å². The number of H-pyrrole nitrogens is 1. The third kappa shape index (κ3) is 4.02. The van der Waals surface area contributed by atoms with Crippen LogP contribution in [0.2, 0.25) is 0 Å². The molecule has 3 aliphatic rings. The number of hydrogen-bond donors (Lipinski definition) is 1. The molecule has 11 nitrogen and oxygen atoms in total. The normalized spacial score (nSPS) is 20.9. The second kappa shape index (κ2) is 9.45. The van der Waals surface area contributed by atoms with E-state index in [1.54, 1.807) is 33.2 Å². The van der Waals surface area contributed by atoms with Crippen LogP contribution in [-0.2, 0) is 9.59 Å². The number of piperidine rings is 1. The molecular weight excluding hydrogens is 484 g/mol. The number of para-hydroxylation sites is 1. The Morgan fingerprint density at radius 3 is 2.63 bits per heavy atom. The first-order valence-electron chi connectivity index (χ1n) is 12.9. The summed E-state index contributed by atoms with van der Waals surface area (Å²) in [6.45, 7) is 2.08. The second-order valence-electron chi connectivity index (χ2n) is 10.2. The highest BCUT2D eigenvalue weighted by atomic mass is 16.2. The Kier molecular flexibility index (Phi) is 5.94. The zero-order valence-electron chi connectivity index (χ0n) is 20.9. The summed E-state index contributed by atoms with van der Waals surface area (Å²) in [7, 11) is 0. The van der Waals surface area contributed by atoms with Gasteiger partial charge >= 0.3 is 0 Å². The molecule has 38 heavy (non-hydrogen) atoms. The molecular formula is C27H28N8O3. The number of aromatic nitrogens is 3. The number of nitrogens with zero attached hydrogens (tertiary/aromatic N) is 7. The van der Waals surface area contributed by atoms with Crippen LogP contribution in [0.3, 0.4) is 0 Å². The van der Waals surface area contributed by atoms with Crippen LogP contribution in [0.1, 0.15) is 29.6 Å². The van der Waals surface area contributed by atoms with E-state index in [4.69, 9.17) is 0 Å². The highest BCUT2D eigenvalue weighted by Crippen LogP contribution is 2.39. The zero-order valence-corrected chi connectivity index (χ0v) is 20.9. The third-order valence-electron chi connectivity index (χ3n) is 8.05. The smallest absolute Gasteiger partial charge is 0.255 e. The van der Waals surface area contributed by atoms with E-state index >= 15 is 0 Å². The molecule has 3 aromatic rings. The van der Waals surface area contributed by atoms with E-state index in [0.29, 0.717) is 63.3 Å². The summed E-state index contributed by atoms with van der Waals surface area (Å²) >= 11 is 0. The topological polar surface area (TPSA) is 130 Å². The number of amides is 3. The minimum absolute atomic E-state index is 0.0128. The Labute approximate surface area is 219 Å². The van der Waals surface area contributed by atoms with Crippen molar-refractivity contribution in [1.82, 2.24) is 29.9 Å². The van der Waals surface area contributed by atoms with Crippen molar-refractivity contribution in [3.63, 3.8) is 0 Å². The number of fused-ring (bicyclic) bond motifs is 1. The Balaban J connectivity index is 1.20. The van der Waals surface area contributed by atoms with Crippen molar-refractivity contribution in [2.24, 2.45) is 5.92 Å². The monoisotopic (exact) mass is 512 g/mol. The molecule has 0 saturated carbocycles. The van der Waals surface area contributed by atoms with Gasteiger partial charge in [-0.15, -0.1) is 0 Å². The Hall–Kier alpha value is -4.46. The number of nitrogens with one attached hydrogen (secondary N) is 1. The third-order valence-corrected chi connectivity index (χ3v) is 8.05. The van der Waals surface area contributed by atoms with E-state index in [1.807, 2.05) is 30.3 Å². The summed E-state index contributed by atoms with van der Waals surface area (Å²) < 4.78 is 0. The van der Waals surface area contributed by atoms with Crippen LogP contribution < -0.4 is 4.90 Å². The SMILES string of the molecule is N#CC1CCN(C(=O)CN2CN(c3ccccc3)C3(CCN(C(=O)c4cnc5[nH]ncc5c4)CC3)C2=O)C1. The van der Waals surface area contributed by atoms with Gasteiger partial charge in [-0.1, -0.05) is 18.2 Å². The lowest BCUT2D eigenvalue weighted by atomic mass is 9.85. The lowest BCUT2D eigenvalue weighted by molar-refractivity contribution is -0.140. The number of hydrogen-bond acceptors (Lipinski definition) is 7. The lowest BCUT2D eigenvalue weighted by Gasteiger charge is -2.43. The molecule has 1 spiro atoms. The van der Waals surface area contributed by atoms with Crippen molar-refractivity contribution in [3.8, 4) is 6.07 Å². The first-order valence-corrected chi connectivity index (χ1v) is 12.9. The lowest BCUT2D eigenvalue weighted by Crippen LogP contribution is -2.57. The van der Waals surface area contributed by atoms with E-state index in [1.165, 1.54) is 0 Å². The molecule has 3 amide bonds. The van der Waals surface area contributed by atoms with Crippen LogP contribution in [0, 0.1) is 17.2 Å². The number of carbonyl (C=O) groups excluding carboxylic acids is 3. The van der Waals surface area contributed by atoms with Crippen molar-refractivity contribution in [1.29, 1.82) is 5.26 Å². The Morgan fingerprint density at radius 2 is 1.89 bits per heavy atom. The molecule has 1 unspecified atom stereocenters. The molecule has 0 bridgehead atoms. The molecule has 0 radical (unpaired) electrons. The minimum atomic E-state index is -0.828. The molecule has 1 atom stereocenters. The molecule has 1 N–H and O–H groups in total. The number of likely N-dealkylation sites (tertiary alicyclic amines) is 2. The fraction of sp³-hybridized carbons (Fsp3) is 0.407. The predicted octanol–water partition coefficient (Wildman–Crippen LogP) is 1.61. The minimum Gasteiger partial charge on any atom is -0.340 e. The van der Waals surface area contributed by atoms with Crippen molar-refractivity contribution in [2.45, 2.75) is 24.8 Å². The van der Waals surface area contributed by atoms with Crippen molar-refractivity contribution in [2.75, 3.05) is 44.3 Å². The molecule has 3 fully saturated rings. The van der Waals surface area contributed by atoms with Crippen LogP contribution >= 0.6 is 0 Å². The summed E-state index contributed by atoms with van der Waals surface area (Å²) in [5, 5.41) is 16.7. The maximum Gasteiger partial charge on any atom is 0.255 e. The summed E-state index contributed by atoms with van der Waals surface area (Å²) in [5.41, 5.74) is 1.20. The van der Waals surface area contributed by atoms with E-state index in [2.05, 4.69) is 26.2 Å². The molecule has 0 aliphatic carbocycles. The number of nitriles is 1. The molecule has 6 rings (SSSR count). The van der Waals surface area contributed by atoms with Crippen LogP contribution in [0.25, 0.3) is 11.0 Å². The predicted molar refractivity (Wildman–Crippen MR) is 138 cm³/mol. The van der Waals surface area contributed by atoms with Gasteiger partial charge in [0.2, 0.25) is 5.91 Å². The first kappa shape index (κ1) is 23.9. The summed E-state index contributed by atoms with van der Waals surface area (Å²) in [6, 6.07) is 13.8. The van der Waals surface area contributed by atoms with Gasteiger partial charge in [0.15, 0.2) is 5.65 Å². The van der Waals surface area contributed by atoms with Gasteiger partial charge < -0.3 is 19.6 Å². The second-order valence-corrected chi connectivity index (χ2v) is 10.2. The summed E-state index contributed by atoms with van der Waals surface area (Å²) in [5.74, 6) is -0.484. The Morgan fingerprint density at radius 1 is 1.11 bits per heavy atom. The Bertz CT molecular complexity index is 1420. The van der Waals surface area contributed by atoms with Gasteiger partial charge in [-0.3, -0.25) is 19.5 Å². The molecule has 194 valence electrons. The average Bonchev–Trinajstić information content (AvgIpc) is 3.69. The number of benzene rings is 1. The largest absolute Gasteiger partial charge is 0.340 e. The fourth-order valence-electron chi connectivity index (χ4n) is 5.89. The van der Waals surface area contributed by atoms with E-state index in [0.717, 1.165) is 11.1 Å². The maximum atomic E-state index is 13.9. The van der Waals surface area contributed by atoms with Crippen LogP contribution in [0.15, 0.2) is 48.8 Å². The molecule has 1 aromatic carbocycles. The number of pyridine rings is 1. The highest BCUT2D eigenvalue weighted by molar-refractivity contribution is 5.98. The molecule has 3 saturated heterocycles. The highest BCUT2D eigenvalue weighted by Gasteiger charge is 2.54. The number of carbonyl (C=O) groups is 3. The number of anilines is 1. The molecule has 3 aliphatic heterocycles. The van der Waals surface area contributed by atoms with Crippen molar-refractivity contribution >= 4 is 34.4 Å². The van der Waals surface area contributed by atoms with E-state index < -0.39 is 5.54 Å². The van der Waals surface area contributed by atoms with Crippen LogP contribution in [0.5, 0.6) is 0 Å². The van der Waals surface area contributed by atoms with Crippen molar-refractivity contribution < 1.29 is 14.4 Å². The van der Waals surface area contributed by atoms with Gasteiger partial charge in [0, 0.05) is 43.4 Å². The van der Waals surface area contributed by atoms with Crippen molar-refractivity contribution in [3.05, 3.63) is 54.4 Å². The maximum absolute atomic E-state index is 13.9. The number of rotatable bonds is 4. The molecule has 11 heteroatoms. The van der Waals surface area contributed by atoms with Gasteiger partial charge in [-0.25, -0.2) is 4.98 Å². The number of aromatic amines is 1.